The summed E-state index contributed by atoms with van der Waals surface area (Å²) in [6.07, 6.45) is 0.631. The zero-order chi connectivity index (χ0) is 9.68. The fraction of sp³-hybridized carbons (Fsp3) is 0.200. The summed E-state index contributed by atoms with van der Waals surface area (Å²) in [5.41, 5.74) is 1.92. The molecular weight excluding hydrogens is 255 g/mol. The average molecular weight is 265 g/mol. The molecule has 0 aliphatic heterocycles. The Morgan fingerprint density at radius 1 is 1.64 bits per heavy atom. The van der Waals surface area contributed by atoms with E-state index in [2.05, 4.69) is 11.4 Å². The van der Waals surface area contributed by atoms with Crippen LogP contribution in [0.5, 0.6) is 0 Å². The van der Waals surface area contributed by atoms with Gasteiger partial charge in [0.25, 0.3) is 0 Å². The molecule has 0 spiro atoms. The van der Waals surface area contributed by atoms with Crippen molar-refractivity contribution < 1.29 is 42.3 Å². The Labute approximate surface area is 108 Å². The van der Waals surface area contributed by atoms with Gasteiger partial charge in [0.15, 0.2) is 0 Å². The molecule has 0 heterocycles. The van der Waals surface area contributed by atoms with Gasteiger partial charge in [-0.3, -0.25) is 14.9 Å². The molecule has 1 aromatic carbocycles. The van der Waals surface area contributed by atoms with Gasteiger partial charge in [0.05, 0.1) is 0 Å². The first-order valence-electron chi connectivity index (χ1n) is 3.92. The van der Waals surface area contributed by atoms with Gasteiger partial charge in [0, 0.05) is 39.1 Å². The molecule has 0 bridgehead atoms. The zero-order valence-corrected chi connectivity index (χ0v) is 10.7. The maximum atomic E-state index is 11.0. The number of benzene rings is 1. The number of amides is 2. The third kappa shape index (κ3) is 4.12. The molecule has 1 rings (SSSR count). The first-order valence-corrected chi connectivity index (χ1v) is 3.92. The van der Waals surface area contributed by atoms with E-state index in [1.807, 2.05) is 19.1 Å². The molecule has 0 aromatic heterocycles. The van der Waals surface area contributed by atoms with E-state index in [1.165, 1.54) is 0 Å². The van der Waals surface area contributed by atoms with Gasteiger partial charge in [0.2, 0.25) is 12.3 Å². The van der Waals surface area contributed by atoms with Crippen molar-refractivity contribution in [2.24, 2.45) is 0 Å². The van der Waals surface area contributed by atoms with Crippen molar-refractivity contribution in [3.8, 4) is 0 Å². The van der Waals surface area contributed by atoms with E-state index in [1.54, 1.807) is 6.07 Å². The number of hydrogen-bond donors (Lipinski definition) is 1. The van der Waals surface area contributed by atoms with Crippen molar-refractivity contribution in [1.82, 2.24) is 5.32 Å². The number of nitrogens with one attached hydrogen (secondary N) is 1. The molecule has 0 aliphatic rings. The molecule has 0 fully saturated rings. The van der Waals surface area contributed by atoms with Crippen LogP contribution in [0, 0.1) is 13.0 Å². The van der Waals surface area contributed by atoms with Gasteiger partial charge in [-0.05, 0) is 0 Å². The summed E-state index contributed by atoms with van der Waals surface area (Å²) in [6, 6.07) is 8.28. The van der Waals surface area contributed by atoms with Crippen LogP contribution in [0.25, 0.3) is 0 Å². The molecule has 1 radical (unpaired) electrons. The van der Waals surface area contributed by atoms with Crippen LogP contribution in [0.3, 0.4) is 0 Å². The molecule has 0 saturated heterocycles. The van der Waals surface area contributed by atoms with Crippen LogP contribution in [0.4, 0.5) is 0 Å². The smallest absolute Gasteiger partial charge is 0.228 e. The summed E-state index contributed by atoms with van der Waals surface area (Å²) in [7, 11) is 0. The molecule has 0 saturated carbocycles. The van der Waals surface area contributed by atoms with Gasteiger partial charge in [0.1, 0.15) is 0 Å². The average Bonchev–Trinajstić information content (AvgIpc) is 2.09. The normalized spacial score (nSPS) is 8.64. The van der Waals surface area contributed by atoms with Crippen LogP contribution < -0.4 is 5.32 Å². The maximum Gasteiger partial charge on any atom is 0.228 e. The van der Waals surface area contributed by atoms with Crippen LogP contribution in [0.1, 0.15) is 11.1 Å². The monoisotopic (exact) mass is 265 g/mol. The van der Waals surface area contributed by atoms with Crippen LogP contribution >= 0.6 is 0 Å². The fourth-order valence-electron chi connectivity index (χ4n) is 1.03. The predicted octanol–water partition coefficient (Wildman–Crippen LogP) is 0.608. The second-order valence-electron chi connectivity index (χ2n) is 2.71. The first-order chi connectivity index (χ1) is 6.24. The topological polar surface area (TPSA) is 46.2 Å². The third-order valence-electron chi connectivity index (χ3n) is 1.76. The Kier molecular flexibility index (Phi) is 6.59. The summed E-state index contributed by atoms with van der Waals surface area (Å²) >= 11 is 0. The number of rotatable bonds is 3. The largest absolute Gasteiger partial charge is 0.299 e. The SMILES string of the molecule is Cc1c[c-]ccc1CC(=O)NC=O.[Y]. The molecule has 1 aromatic rings. The van der Waals surface area contributed by atoms with E-state index in [9.17, 15) is 9.59 Å². The Balaban J connectivity index is 0.00000169. The second kappa shape index (κ2) is 6.85. The molecule has 0 atom stereocenters. The van der Waals surface area contributed by atoms with Crippen molar-refractivity contribution in [1.29, 1.82) is 0 Å². The number of carbonyl (C=O) groups is 2. The van der Waals surface area contributed by atoms with Crippen molar-refractivity contribution in [2.45, 2.75) is 13.3 Å². The molecule has 1 N–H and O–H groups in total. The molecule has 4 heteroatoms. The van der Waals surface area contributed by atoms with E-state index in [-0.39, 0.29) is 45.0 Å². The van der Waals surface area contributed by atoms with Gasteiger partial charge in [-0.15, -0.1) is 5.56 Å². The van der Waals surface area contributed by atoms with Gasteiger partial charge in [-0.2, -0.15) is 29.8 Å². The molecule has 2 amide bonds. The fourth-order valence-corrected chi connectivity index (χ4v) is 1.03. The Morgan fingerprint density at radius 2 is 2.36 bits per heavy atom. The summed E-state index contributed by atoms with van der Waals surface area (Å²) in [5.74, 6) is -0.288. The van der Waals surface area contributed by atoms with Gasteiger partial charge >= 0.3 is 0 Å². The van der Waals surface area contributed by atoms with Gasteiger partial charge in [-0.25, -0.2) is 0 Å². The van der Waals surface area contributed by atoms with E-state index in [0.717, 1.165) is 11.1 Å². The summed E-state index contributed by atoms with van der Waals surface area (Å²) in [6.45, 7) is 1.90. The number of imide groups is 1. The standard InChI is InChI=1S/C10H10NO2.Y/c1-8-4-2-3-5-9(8)6-10(13)11-7-12;/h3-5,7H,6H2,1H3,(H,11,12,13);/q-1;. The predicted molar refractivity (Wildman–Crippen MR) is 47.9 cm³/mol. The minimum Gasteiger partial charge on any atom is -0.299 e. The Morgan fingerprint density at radius 3 is 2.93 bits per heavy atom. The van der Waals surface area contributed by atoms with Crippen LogP contribution in [0.2, 0.25) is 0 Å². The van der Waals surface area contributed by atoms with E-state index in [0.29, 0.717) is 6.41 Å². The maximum absolute atomic E-state index is 11.0. The van der Waals surface area contributed by atoms with Crippen LogP contribution in [-0.4, -0.2) is 12.3 Å². The van der Waals surface area contributed by atoms with Crippen molar-refractivity contribution >= 4 is 12.3 Å². The summed E-state index contributed by atoms with van der Waals surface area (Å²) in [5, 5.41) is 2.09. The van der Waals surface area contributed by atoms with Crippen LogP contribution in [0.15, 0.2) is 18.2 Å². The zero-order valence-electron chi connectivity index (χ0n) is 7.91. The summed E-state index contributed by atoms with van der Waals surface area (Å²) in [4.78, 5) is 21.0. The number of aryl methyl sites for hydroxylation is 1. The Hall–Kier alpha value is -0.536. The van der Waals surface area contributed by atoms with E-state index in [4.69, 9.17) is 0 Å². The van der Waals surface area contributed by atoms with Gasteiger partial charge < -0.3 is 0 Å². The molecule has 71 valence electrons. The van der Waals surface area contributed by atoms with Crippen molar-refractivity contribution in [2.75, 3.05) is 0 Å². The quantitative estimate of drug-likeness (QED) is 0.643. The molecule has 0 unspecified atom stereocenters. The summed E-state index contributed by atoms with van der Waals surface area (Å²) < 4.78 is 0. The second-order valence-corrected chi connectivity index (χ2v) is 2.71. The van der Waals surface area contributed by atoms with E-state index >= 15 is 0 Å². The molecule has 3 nitrogen and oxygen atoms in total. The number of hydrogen-bond acceptors (Lipinski definition) is 2. The Bertz CT molecular complexity index is 326. The van der Waals surface area contributed by atoms with Crippen molar-refractivity contribution in [3.05, 3.63) is 35.4 Å². The number of carbonyl (C=O) groups excluding carboxylic acids is 2. The van der Waals surface area contributed by atoms with Crippen molar-refractivity contribution in [3.63, 3.8) is 0 Å². The first kappa shape index (κ1) is 13.5. The van der Waals surface area contributed by atoms with E-state index < -0.39 is 0 Å². The molecule has 0 aliphatic carbocycles. The van der Waals surface area contributed by atoms with Gasteiger partial charge in [-0.1, -0.05) is 6.92 Å². The molecule has 14 heavy (non-hydrogen) atoms. The minimum atomic E-state index is -0.288. The minimum absolute atomic E-state index is 0. The molecular formula is C10H10NO2Y-. The third-order valence-corrected chi connectivity index (χ3v) is 1.76. The van der Waals surface area contributed by atoms with Crippen LogP contribution in [-0.2, 0) is 48.7 Å².